The summed E-state index contributed by atoms with van der Waals surface area (Å²) in [5, 5.41) is -0.299. The number of hydrogen-bond acceptors (Lipinski definition) is 5. The molecule has 21 heavy (non-hydrogen) atoms. The fraction of sp³-hybridized carbons (Fsp3) is 0.286. The summed E-state index contributed by atoms with van der Waals surface area (Å²) in [5.74, 6) is -0.312. The summed E-state index contributed by atoms with van der Waals surface area (Å²) >= 11 is 0.814. The van der Waals surface area contributed by atoms with Crippen LogP contribution in [0.25, 0.3) is 6.08 Å². The second-order valence-electron chi connectivity index (χ2n) is 4.86. The van der Waals surface area contributed by atoms with Crippen LogP contribution in [0.15, 0.2) is 17.0 Å². The van der Waals surface area contributed by atoms with Crippen LogP contribution in [0.1, 0.15) is 5.56 Å². The number of imide groups is 1. The van der Waals surface area contributed by atoms with E-state index in [1.807, 2.05) is 0 Å². The number of ether oxygens (including phenoxy) is 2. The standard InChI is InChI=1S/C14H15FNO4S/c1-16(2)13(17)12(21-14(16)18)6-8-5-10(19-3)11(20-4)7-9(8)15/h5-7H,1-4H3/q+1/b12-6-. The van der Waals surface area contributed by atoms with E-state index in [-0.39, 0.29) is 31.8 Å². The van der Waals surface area contributed by atoms with Crippen molar-refractivity contribution in [1.29, 1.82) is 0 Å². The van der Waals surface area contributed by atoms with Gasteiger partial charge in [0.2, 0.25) is 0 Å². The minimum atomic E-state index is -0.557. The molecule has 0 spiro atoms. The van der Waals surface area contributed by atoms with E-state index in [1.54, 1.807) is 0 Å². The third-order valence-corrected chi connectivity index (χ3v) is 4.31. The van der Waals surface area contributed by atoms with E-state index in [0.29, 0.717) is 5.75 Å². The summed E-state index contributed by atoms with van der Waals surface area (Å²) in [6.07, 6.45) is 1.36. The number of hydrogen-bond donors (Lipinski definition) is 0. The zero-order chi connectivity index (χ0) is 15.8. The molecule has 1 saturated heterocycles. The third-order valence-electron chi connectivity index (χ3n) is 3.16. The Labute approximate surface area is 125 Å². The number of benzene rings is 1. The van der Waals surface area contributed by atoms with Crippen molar-refractivity contribution in [2.75, 3.05) is 28.3 Å². The Morgan fingerprint density at radius 1 is 1.14 bits per heavy atom. The molecule has 0 atom stereocenters. The van der Waals surface area contributed by atoms with Gasteiger partial charge in [-0.15, -0.1) is 0 Å². The molecule has 1 heterocycles. The Hall–Kier alpha value is -1.86. The number of nitrogens with zero attached hydrogens (tertiary/aromatic N) is 1. The molecule has 0 bridgehead atoms. The van der Waals surface area contributed by atoms with Crippen LogP contribution >= 0.6 is 11.8 Å². The Morgan fingerprint density at radius 2 is 1.71 bits per heavy atom. The van der Waals surface area contributed by atoms with Crippen molar-refractivity contribution in [1.82, 2.24) is 0 Å². The third kappa shape index (κ3) is 2.66. The number of quaternary nitrogens is 1. The first-order valence-corrected chi connectivity index (χ1v) is 6.87. The fourth-order valence-electron chi connectivity index (χ4n) is 1.82. The summed E-state index contributed by atoms with van der Waals surface area (Å²) in [4.78, 5) is 24.1. The highest BCUT2D eigenvalue weighted by molar-refractivity contribution is 8.18. The maximum Gasteiger partial charge on any atom is 0.387 e. The van der Waals surface area contributed by atoms with E-state index < -0.39 is 5.82 Å². The molecule has 0 aliphatic carbocycles. The summed E-state index contributed by atoms with van der Waals surface area (Å²) in [7, 11) is 5.85. The molecule has 0 aromatic heterocycles. The van der Waals surface area contributed by atoms with Crippen molar-refractivity contribution in [2.24, 2.45) is 0 Å². The lowest BCUT2D eigenvalue weighted by Crippen LogP contribution is -2.43. The minimum Gasteiger partial charge on any atom is -0.493 e. The van der Waals surface area contributed by atoms with Crippen LogP contribution in [0, 0.1) is 5.82 Å². The molecule has 1 aromatic rings. The van der Waals surface area contributed by atoms with Gasteiger partial charge in [0, 0.05) is 23.4 Å². The highest BCUT2D eigenvalue weighted by Gasteiger charge is 2.47. The first kappa shape index (κ1) is 15.5. The zero-order valence-electron chi connectivity index (χ0n) is 12.1. The van der Waals surface area contributed by atoms with Crippen LogP contribution in [-0.4, -0.2) is 43.9 Å². The van der Waals surface area contributed by atoms with Gasteiger partial charge in [-0.3, -0.25) is 0 Å². The van der Waals surface area contributed by atoms with E-state index in [2.05, 4.69) is 0 Å². The van der Waals surface area contributed by atoms with Crippen LogP contribution in [0.3, 0.4) is 0 Å². The lowest BCUT2D eigenvalue weighted by molar-refractivity contribution is -0.716. The number of carbonyl (C=O) groups is 2. The van der Waals surface area contributed by atoms with Gasteiger partial charge in [-0.25, -0.2) is 14.0 Å². The lowest BCUT2D eigenvalue weighted by atomic mass is 10.1. The molecule has 0 N–H and O–H groups in total. The Bertz CT molecular complexity index is 655. The number of carbonyl (C=O) groups excluding carboxylic acids is 2. The van der Waals surface area contributed by atoms with Gasteiger partial charge in [0.1, 0.15) is 10.7 Å². The molecule has 2 rings (SSSR count). The average Bonchev–Trinajstić information content (AvgIpc) is 2.64. The number of amides is 2. The number of rotatable bonds is 3. The predicted molar refractivity (Wildman–Crippen MR) is 77.6 cm³/mol. The molecule has 1 aliphatic rings. The molecule has 1 aromatic carbocycles. The molecule has 2 amide bonds. The van der Waals surface area contributed by atoms with E-state index in [9.17, 15) is 14.0 Å². The van der Waals surface area contributed by atoms with Crippen LogP contribution in [0.5, 0.6) is 11.5 Å². The Balaban J connectivity index is 2.47. The van der Waals surface area contributed by atoms with Crippen molar-refractivity contribution in [3.8, 4) is 11.5 Å². The Kier molecular flexibility index (Phi) is 4.06. The van der Waals surface area contributed by atoms with Crippen LogP contribution in [0.2, 0.25) is 0 Å². The average molecular weight is 312 g/mol. The quantitative estimate of drug-likeness (QED) is 0.634. The predicted octanol–water partition coefficient (Wildman–Crippen LogP) is 2.65. The van der Waals surface area contributed by atoms with Gasteiger partial charge in [0.25, 0.3) is 0 Å². The van der Waals surface area contributed by atoms with E-state index in [4.69, 9.17) is 9.47 Å². The van der Waals surface area contributed by atoms with E-state index >= 15 is 0 Å². The largest absolute Gasteiger partial charge is 0.493 e. The molecule has 5 nitrogen and oxygen atoms in total. The van der Waals surface area contributed by atoms with Gasteiger partial charge >= 0.3 is 11.1 Å². The van der Waals surface area contributed by atoms with Crippen LogP contribution < -0.4 is 9.47 Å². The molecule has 0 radical (unpaired) electrons. The zero-order valence-corrected chi connectivity index (χ0v) is 12.9. The van der Waals surface area contributed by atoms with Crippen LogP contribution in [0.4, 0.5) is 9.18 Å². The van der Waals surface area contributed by atoms with Gasteiger partial charge in [-0.05, 0) is 12.1 Å². The highest BCUT2D eigenvalue weighted by Crippen LogP contribution is 2.37. The minimum absolute atomic E-state index is 0.165. The number of likely N-dealkylation sites (N-methyl/N-ethyl adjacent to an activating group) is 1. The monoisotopic (exact) mass is 312 g/mol. The van der Waals surface area contributed by atoms with E-state index in [0.717, 1.165) is 11.8 Å². The number of thioether (sulfide) groups is 1. The summed E-state index contributed by atoms with van der Waals surface area (Å²) < 4.78 is 23.7. The highest BCUT2D eigenvalue weighted by atomic mass is 32.2. The summed E-state index contributed by atoms with van der Waals surface area (Å²) in [6, 6.07) is 2.61. The van der Waals surface area contributed by atoms with Crippen molar-refractivity contribution in [3.05, 3.63) is 28.4 Å². The summed E-state index contributed by atoms with van der Waals surface area (Å²) in [6.45, 7) is 0. The molecule has 0 saturated carbocycles. The molecular formula is C14H15FNO4S+. The normalized spacial score (nSPS) is 19.2. The van der Waals surface area contributed by atoms with Gasteiger partial charge in [0.05, 0.1) is 28.3 Å². The van der Waals surface area contributed by atoms with Crippen molar-refractivity contribution >= 4 is 29.0 Å². The number of methoxy groups -OCH3 is 2. The van der Waals surface area contributed by atoms with Crippen molar-refractivity contribution in [3.63, 3.8) is 0 Å². The molecule has 112 valence electrons. The van der Waals surface area contributed by atoms with Crippen molar-refractivity contribution in [2.45, 2.75) is 0 Å². The van der Waals surface area contributed by atoms with E-state index in [1.165, 1.54) is 46.5 Å². The van der Waals surface area contributed by atoms with Gasteiger partial charge < -0.3 is 9.47 Å². The molecule has 1 fully saturated rings. The molecular weight excluding hydrogens is 297 g/mol. The molecule has 7 heteroatoms. The topological polar surface area (TPSA) is 52.6 Å². The maximum atomic E-state index is 14.0. The lowest BCUT2D eigenvalue weighted by Gasteiger charge is -2.14. The first-order valence-electron chi connectivity index (χ1n) is 6.05. The first-order chi connectivity index (χ1) is 9.81. The number of halogens is 1. The van der Waals surface area contributed by atoms with Gasteiger partial charge in [-0.1, -0.05) is 0 Å². The van der Waals surface area contributed by atoms with Gasteiger partial charge in [-0.2, -0.15) is 4.48 Å². The molecule has 1 aliphatic heterocycles. The smallest absolute Gasteiger partial charge is 0.387 e. The van der Waals surface area contributed by atoms with Gasteiger partial charge in [0.15, 0.2) is 11.5 Å². The molecule has 0 unspecified atom stereocenters. The SMILES string of the molecule is COc1cc(F)c(/C=C2\SC(=O)[N+](C)(C)C2=O)cc1OC. The Morgan fingerprint density at radius 3 is 2.19 bits per heavy atom. The maximum absolute atomic E-state index is 14.0. The van der Waals surface area contributed by atoms with Crippen molar-refractivity contribution < 1.29 is 27.9 Å². The summed E-state index contributed by atoms with van der Waals surface area (Å²) in [5.41, 5.74) is 0.165. The fourth-order valence-corrected chi connectivity index (χ4v) is 2.82. The van der Waals surface area contributed by atoms with Crippen LogP contribution in [-0.2, 0) is 4.79 Å². The second-order valence-corrected chi connectivity index (χ2v) is 5.86. The second kappa shape index (κ2) is 5.50.